The summed E-state index contributed by atoms with van der Waals surface area (Å²) in [6.07, 6.45) is -0.0673. The number of nitrogens with two attached hydrogens (primary N) is 1. The van der Waals surface area contributed by atoms with Gasteiger partial charge in [0.1, 0.15) is 6.10 Å². The zero-order chi connectivity index (χ0) is 13.8. The van der Waals surface area contributed by atoms with Crippen LogP contribution < -0.4 is 15.2 Å². The predicted octanol–water partition coefficient (Wildman–Crippen LogP) is 0.600. The largest absolute Gasteiger partial charge is 0.493 e. The van der Waals surface area contributed by atoms with Crippen LogP contribution in [-0.2, 0) is 9.53 Å². The van der Waals surface area contributed by atoms with Crippen LogP contribution in [0.5, 0.6) is 11.5 Å². The molecule has 1 atom stereocenters. The maximum Gasteiger partial charge on any atom is 0.312 e. The third-order valence-electron chi connectivity index (χ3n) is 3.03. The number of carboxylic acid groups (broad SMARTS) is 1. The van der Waals surface area contributed by atoms with Gasteiger partial charge in [-0.2, -0.15) is 0 Å². The summed E-state index contributed by atoms with van der Waals surface area (Å²) in [4.78, 5) is 11.3. The molecule has 1 aliphatic heterocycles. The summed E-state index contributed by atoms with van der Waals surface area (Å²) in [5.41, 5.74) is 6.07. The van der Waals surface area contributed by atoms with Crippen LogP contribution >= 0.6 is 0 Å². The Balaban J connectivity index is 2.36. The zero-order valence-corrected chi connectivity index (χ0v) is 10.7. The number of methoxy groups -OCH3 is 1. The standard InChI is InChI=1S/C13H17NO5/c1-17-11-4-2-3-9(10(5-14)13(15)16)12(11)19-8-6-18-7-8/h2-4,8,10H,5-7,14H2,1H3,(H,15,16). The van der Waals surface area contributed by atoms with Gasteiger partial charge in [0.25, 0.3) is 0 Å². The molecule has 1 unspecified atom stereocenters. The first kappa shape index (κ1) is 13.6. The molecule has 3 N–H and O–H groups in total. The molecule has 104 valence electrons. The molecule has 0 aromatic heterocycles. The molecular formula is C13H17NO5. The highest BCUT2D eigenvalue weighted by Gasteiger charge is 2.28. The Morgan fingerprint density at radius 2 is 2.32 bits per heavy atom. The molecule has 1 saturated heterocycles. The molecule has 1 aliphatic rings. The van der Waals surface area contributed by atoms with E-state index in [0.717, 1.165) is 0 Å². The maximum absolute atomic E-state index is 11.3. The second kappa shape index (κ2) is 5.90. The van der Waals surface area contributed by atoms with E-state index in [9.17, 15) is 9.90 Å². The predicted molar refractivity (Wildman–Crippen MR) is 67.7 cm³/mol. The van der Waals surface area contributed by atoms with Gasteiger partial charge in [-0.15, -0.1) is 0 Å². The van der Waals surface area contributed by atoms with E-state index in [0.29, 0.717) is 30.3 Å². The molecule has 1 aromatic carbocycles. The molecule has 19 heavy (non-hydrogen) atoms. The fourth-order valence-corrected chi connectivity index (χ4v) is 1.90. The summed E-state index contributed by atoms with van der Waals surface area (Å²) >= 11 is 0. The van der Waals surface area contributed by atoms with E-state index in [1.807, 2.05) is 0 Å². The van der Waals surface area contributed by atoms with Crippen molar-refractivity contribution in [2.45, 2.75) is 12.0 Å². The Kier molecular flexibility index (Phi) is 4.24. The van der Waals surface area contributed by atoms with Crippen LogP contribution in [0.4, 0.5) is 0 Å². The third kappa shape index (κ3) is 2.80. The monoisotopic (exact) mass is 267 g/mol. The number of carbonyl (C=O) groups is 1. The van der Waals surface area contributed by atoms with Gasteiger partial charge in [-0.25, -0.2) is 0 Å². The lowest BCUT2D eigenvalue weighted by atomic mass is 9.98. The van der Waals surface area contributed by atoms with E-state index >= 15 is 0 Å². The van der Waals surface area contributed by atoms with Crippen LogP contribution in [-0.4, -0.2) is 44.0 Å². The van der Waals surface area contributed by atoms with Crippen LogP contribution in [0.3, 0.4) is 0 Å². The van der Waals surface area contributed by atoms with Crippen molar-refractivity contribution < 1.29 is 24.1 Å². The number of rotatable bonds is 6. The minimum atomic E-state index is -0.981. The fourth-order valence-electron chi connectivity index (χ4n) is 1.90. The number of hydrogen-bond acceptors (Lipinski definition) is 5. The maximum atomic E-state index is 11.3. The van der Waals surface area contributed by atoms with E-state index in [-0.39, 0.29) is 12.6 Å². The lowest BCUT2D eigenvalue weighted by Crippen LogP contribution is -2.39. The Morgan fingerprint density at radius 1 is 1.58 bits per heavy atom. The molecule has 1 fully saturated rings. The number of benzene rings is 1. The molecule has 6 nitrogen and oxygen atoms in total. The van der Waals surface area contributed by atoms with Gasteiger partial charge >= 0.3 is 5.97 Å². The molecule has 2 rings (SSSR count). The van der Waals surface area contributed by atoms with Crippen molar-refractivity contribution in [3.8, 4) is 11.5 Å². The Morgan fingerprint density at radius 3 is 2.79 bits per heavy atom. The van der Waals surface area contributed by atoms with Gasteiger partial charge in [-0.3, -0.25) is 4.79 Å². The second-order valence-electron chi connectivity index (χ2n) is 4.28. The summed E-state index contributed by atoms with van der Waals surface area (Å²) in [6, 6.07) is 5.15. The van der Waals surface area contributed by atoms with Gasteiger partial charge in [0, 0.05) is 12.1 Å². The summed E-state index contributed by atoms with van der Waals surface area (Å²) in [6.45, 7) is 0.996. The van der Waals surface area contributed by atoms with Crippen molar-refractivity contribution in [1.29, 1.82) is 0 Å². The minimum Gasteiger partial charge on any atom is -0.493 e. The number of carboxylic acids is 1. The van der Waals surface area contributed by atoms with Crippen molar-refractivity contribution in [3.05, 3.63) is 23.8 Å². The molecule has 0 aliphatic carbocycles. The van der Waals surface area contributed by atoms with E-state index in [1.54, 1.807) is 18.2 Å². The van der Waals surface area contributed by atoms with Crippen molar-refractivity contribution in [2.75, 3.05) is 26.9 Å². The number of para-hydroxylation sites is 1. The quantitative estimate of drug-likeness (QED) is 0.784. The van der Waals surface area contributed by atoms with Crippen LogP contribution in [0.1, 0.15) is 11.5 Å². The van der Waals surface area contributed by atoms with E-state index in [1.165, 1.54) is 7.11 Å². The first-order valence-corrected chi connectivity index (χ1v) is 6.01. The number of hydrogen-bond donors (Lipinski definition) is 2. The Labute approximate surface area is 111 Å². The highest BCUT2D eigenvalue weighted by molar-refractivity contribution is 5.78. The van der Waals surface area contributed by atoms with Gasteiger partial charge in [-0.1, -0.05) is 12.1 Å². The number of ether oxygens (including phenoxy) is 3. The summed E-state index contributed by atoms with van der Waals surface area (Å²) in [5, 5.41) is 9.22. The van der Waals surface area contributed by atoms with Crippen LogP contribution in [0.15, 0.2) is 18.2 Å². The van der Waals surface area contributed by atoms with Crippen molar-refractivity contribution >= 4 is 5.97 Å². The third-order valence-corrected chi connectivity index (χ3v) is 3.03. The summed E-state index contributed by atoms with van der Waals surface area (Å²) < 4.78 is 16.0. The van der Waals surface area contributed by atoms with Gasteiger partial charge in [0.05, 0.1) is 26.2 Å². The van der Waals surface area contributed by atoms with E-state index in [2.05, 4.69) is 0 Å². The fraction of sp³-hybridized carbons (Fsp3) is 0.462. The average Bonchev–Trinajstić information content (AvgIpc) is 2.35. The molecule has 0 radical (unpaired) electrons. The minimum absolute atomic E-state index is 0.0000274. The lowest BCUT2D eigenvalue weighted by molar-refractivity contribution is -0.138. The number of aliphatic carboxylic acids is 1. The van der Waals surface area contributed by atoms with Crippen molar-refractivity contribution in [1.82, 2.24) is 0 Å². The first-order valence-electron chi connectivity index (χ1n) is 6.01. The summed E-state index contributed by atoms with van der Waals surface area (Å²) in [7, 11) is 1.52. The molecule has 0 saturated carbocycles. The summed E-state index contributed by atoms with van der Waals surface area (Å²) in [5.74, 6) is -0.850. The highest BCUT2D eigenvalue weighted by atomic mass is 16.6. The van der Waals surface area contributed by atoms with Gasteiger partial charge in [0.15, 0.2) is 11.5 Å². The highest BCUT2D eigenvalue weighted by Crippen LogP contribution is 2.37. The molecule has 1 heterocycles. The molecule has 0 bridgehead atoms. The molecular weight excluding hydrogens is 250 g/mol. The van der Waals surface area contributed by atoms with Crippen molar-refractivity contribution in [2.24, 2.45) is 5.73 Å². The second-order valence-corrected chi connectivity index (χ2v) is 4.28. The van der Waals surface area contributed by atoms with Gasteiger partial charge < -0.3 is 25.1 Å². The Bertz CT molecular complexity index is 458. The molecule has 1 aromatic rings. The Hall–Kier alpha value is -1.79. The zero-order valence-electron chi connectivity index (χ0n) is 10.7. The van der Waals surface area contributed by atoms with Gasteiger partial charge in [0.2, 0.25) is 0 Å². The molecule has 0 amide bonds. The van der Waals surface area contributed by atoms with Crippen LogP contribution in [0.2, 0.25) is 0 Å². The van der Waals surface area contributed by atoms with Gasteiger partial charge in [-0.05, 0) is 6.07 Å². The van der Waals surface area contributed by atoms with E-state index < -0.39 is 11.9 Å². The lowest BCUT2D eigenvalue weighted by Gasteiger charge is -2.29. The van der Waals surface area contributed by atoms with Crippen molar-refractivity contribution in [3.63, 3.8) is 0 Å². The van der Waals surface area contributed by atoms with E-state index in [4.69, 9.17) is 19.9 Å². The topological polar surface area (TPSA) is 91.0 Å². The average molecular weight is 267 g/mol. The SMILES string of the molecule is COc1cccc(C(CN)C(=O)O)c1OC1COC1. The van der Waals surface area contributed by atoms with Crippen LogP contribution in [0, 0.1) is 0 Å². The smallest absolute Gasteiger partial charge is 0.312 e. The molecule has 6 heteroatoms. The first-order chi connectivity index (χ1) is 9.17. The normalized spacial score (nSPS) is 16.5. The molecule has 0 spiro atoms. The van der Waals surface area contributed by atoms with Crippen LogP contribution in [0.25, 0.3) is 0 Å².